The number of carbonyl (C=O) groups excluding carboxylic acids is 8. The Hall–Kier alpha value is -8.14. The van der Waals surface area contributed by atoms with Crippen LogP contribution in [0.4, 0.5) is 5.69 Å². The van der Waals surface area contributed by atoms with E-state index in [1.165, 1.54) is 89.8 Å². The van der Waals surface area contributed by atoms with Crippen LogP contribution in [-0.2, 0) is 58.4 Å². The van der Waals surface area contributed by atoms with E-state index < -0.39 is 11.5 Å². The molecule has 3 aromatic heterocycles. The number of unbranched alkanes of at least 4 members (excludes halogenated alkanes) is 3. The number of nitrogens with zero attached hydrogens (tertiary/aromatic N) is 7. The monoisotopic (exact) mass is 1710 g/mol. The first-order valence-electron chi connectivity index (χ1n) is 45.7. The Labute approximate surface area is 746 Å². The molecular weight excluding hydrogens is 1540 g/mol. The van der Waals surface area contributed by atoms with Gasteiger partial charge in [0.15, 0.2) is 0 Å². The molecule has 5 aromatic rings. The second-order valence-corrected chi connectivity index (χ2v) is 41.5. The van der Waals surface area contributed by atoms with Gasteiger partial charge in [-0.3, -0.25) is 48.0 Å². The number of aromatic nitrogens is 4. The Morgan fingerprint density at radius 2 is 0.846 bits per heavy atom. The molecule has 3 fully saturated rings. The number of rotatable bonds is 27. The summed E-state index contributed by atoms with van der Waals surface area (Å²) < 4.78 is 3.93. The third-order valence-corrected chi connectivity index (χ3v) is 21.2. The topological polar surface area (TPSA) is 262 Å². The Balaban J connectivity index is 0.000000703. The average molecular weight is 1710 g/mol. The van der Waals surface area contributed by atoms with Crippen LogP contribution in [-0.4, -0.2) is 158 Å². The number of nitrogens with one attached hydrogen (secondary N) is 5. The first-order valence-corrected chi connectivity index (χ1v) is 45.7. The van der Waals surface area contributed by atoms with Crippen molar-refractivity contribution >= 4 is 52.6 Å². The maximum atomic E-state index is 11.8. The molecule has 2 atom stereocenters. The Kier molecular flexibility index (Phi) is 51.4. The molecule has 21 heteroatoms. The van der Waals surface area contributed by atoms with E-state index in [0.717, 1.165) is 124 Å². The summed E-state index contributed by atoms with van der Waals surface area (Å²) in [6.07, 6.45) is 25.2. The Morgan fingerprint density at radius 3 is 1.24 bits per heavy atom. The minimum Gasteiger partial charge on any atom is -0.387 e. The quantitative estimate of drug-likeness (QED) is 0.0267. The highest BCUT2D eigenvalue weighted by Crippen LogP contribution is 2.27. The second-order valence-electron chi connectivity index (χ2n) is 41.5. The number of anilines is 1. The molecule has 694 valence electrons. The minimum absolute atomic E-state index is 0.0155. The van der Waals surface area contributed by atoms with Crippen LogP contribution in [0, 0.1) is 57.2 Å². The lowest BCUT2D eigenvalue weighted by Gasteiger charge is -2.27. The van der Waals surface area contributed by atoms with Crippen LogP contribution >= 0.6 is 0 Å². The number of hydrogen-bond donors (Lipinski definition) is 6. The fourth-order valence-electron chi connectivity index (χ4n) is 12.3. The molecule has 123 heavy (non-hydrogen) atoms. The van der Waals surface area contributed by atoms with Gasteiger partial charge in [-0.1, -0.05) is 252 Å². The zero-order valence-corrected chi connectivity index (χ0v) is 82.3. The van der Waals surface area contributed by atoms with E-state index in [2.05, 4.69) is 74.9 Å². The van der Waals surface area contributed by atoms with E-state index in [0.29, 0.717) is 30.3 Å². The molecular formula is C102H172N12O9. The summed E-state index contributed by atoms with van der Waals surface area (Å²) in [7, 11) is 1.87. The number of allylic oxidation sites excluding steroid dienone is 1. The lowest BCUT2D eigenvalue weighted by atomic mass is 9.88. The van der Waals surface area contributed by atoms with Gasteiger partial charge in [-0.15, -0.1) is 0 Å². The van der Waals surface area contributed by atoms with Crippen molar-refractivity contribution in [3.8, 4) is 0 Å². The van der Waals surface area contributed by atoms with Crippen molar-refractivity contribution < 1.29 is 43.5 Å². The molecule has 0 saturated carbocycles. The number of aryl methyl sites for hydroxylation is 3. The van der Waals surface area contributed by atoms with E-state index in [1.54, 1.807) is 10.9 Å². The van der Waals surface area contributed by atoms with Gasteiger partial charge in [0.1, 0.15) is 17.3 Å². The van der Waals surface area contributed by atoms with Crippen LogP contribution < -0.4 is 26.6 Å². The van der Waals surface area contributed by atoms with Crippen molar-refractivity contribution in [1.29, 1.82) is 0 Å². The number of pyridine rings is 1. The summed E-state index contributed by atoms with van der Waals surface area (Å²) in [5, 5.41) is 28.6. The number of aliphatic hydroxyl groups is 1. The van der Waals surface area contributed by atoms with Gasteiger partial charge in [-0.05, 0) is 166 Å². The third kappa shape index (κ3) is 51.2. The summed E-state index contributed by atoms with van der Waals surface area (Å²) in [5.41, 5.74) is 4.70. The Morgan fingerprint density at radius 1 is 0.439 bits per heavy atom. The SMILES string of the molecule is C=C1CCCN1CCCCC(=O)C(C)(C)C.CC(C)(C)C(=O)CCCCN1CCCCC1.CC(C)(C)C(=O)CCCCn1cccc1.CC(C)(C)C(=O)NCC(O)c1ccccc1.CC(C)(C)C(=O)NCCN1CCCCC1.CC(C)(C)C(=O)NCCc1ccccn1.CC(NC(=O)C(C)(C)C)c1ccccc1.Cc1nn(C)c(C)c1NC(=O)C(C)(C)C. The van der Waals surface area contributed by atoms with Crippen LogP contribution in [0.2, 0.25) is 0 Å². The molecule has 21 nitrogen and oxygen atoms in total. The zero-order chi connectivity index (χ0) is 93.6. The molecule has 3 aliphatic heterocycles. The van der Waals surface area contributed by atoms with E-state index >= 15 is 0 Å². The number of carbonyl (C=O) groups is 8. The molecule has 2 aromatic carbocycles. The normalized spacial score (nSPS) is 14.5. The van der Waals surface area contributed by atoms with Gasteiger partial charge in [0.25, 0.3) is 0 Å². The molecule has 0 radical (unpaired) electrons. The molecule has 8 rings (SSSR count). The van der Waals surface area contributed by atoms with Crippen molar-refractivity contribution in [2.75, 3.05) is 77.3 Å². The van der Waals surface area contributed by atoms with E-state index in [9.17, 15) is 43.5 Å². The van der Waals surface area contributed by atoms with Crippen molar-refractivity contribution in [3.63, 3.8) is 0 Å². The molecule has 3 aliphatic rings. The number of benzene rings is 2. The molecule has 0 spiro atoms. The maximum Gasteiger partial charge on any atom is 0.229 e. The van der Waals surface area contributed by atoms with E-state index in [-0.39, 0.29) is 80.0 Å². The van der Waals surface area contributed by atoms with Crippen molar-refractivity contribution in [2.24, 2.45) is 50.4 Å². The largest absolute Gasteiger partial charge is 0.387 e. The third-order valence-electron chi connectivity index (χ3n) is 21.2. The highest BCUT2D eigenvalue weighted by molar-refractivity contribution is 5.95. The standard InChI is InChI=1S/C14H25NO.C14H27NO.C13H19NO2.C13H19NO.C13H21NO.C12H18N2O.C12H24N2O.C11H19N3O/c1-12-8-7-11-15(12)10-6-5-9-13(16)14(2,3)4;1-14(2,3)13(16)9-5-8-12-15-10-6-4-7-11-15;1-13(2,3)12(16)14-9-11(15)10-7-5-4-6-8-10;1-10(11-8-6-5-7-9-11)14-12(15)13(2,3)4;1-13(2,3)12(15)8-4-5-9-14-10-6-7-11-14;1-12(2,3)11(15)14-9-7-10-6-4-5-8-13-10;1-12(2,3)11(15)13-7-10-14-8-5-4-6-9-14;1-7-9(8(2)14(6)13-7)12-10(15)11(3,4)5/h1,5-11H2,2-4H3;4-12H2,1-3H3;4-8,11,15H,9H2,1-3H3,(H,14,16);5-10H,1-4H3,(H,14,15);6-7,10-11H,4-5,8-9H2,1-3H3;4-6,8H,7,9H2,1-3H3,(H,14,15);4-10H2,1-3H3,(H,13,15);1-6H3,(H,12,15). The van der Waals surface area contributed by atoms with Gasteiger partial charge in [0, 0.05) is 152 Å². The molecule has 5 amide bonds. The fourth-order valence-corrected chi connectivity index (χ4v) is 12.3. The first kappa shape index (κ1) is 113. The number of piperidine rings is 2. The number of aliphatic hydroxyl groups excluding tert-OH is 1. The van der Waals surface area contributed by atoms with Crippen molar-refractivity contribution in [1.82, 2.24) is 55.3 Å². The Bertz CT molecular complexity index is 3820. The molecule has 2 unspecified atom stereocenters. The number of ketones is 3. The smallest absolute Gasteiger partial charge is 0.229 e. The molecule has 0 aliphatic carbocycles. The van der Waals surface area contributed by atoms with Crippen LogP contribution in [0.15, 0.2) is 122 Å². The molecule has 3 saturated heterocycles. The minimum atomic E-state index is -0.646. The maximum absolute atomic E-state index is 11.8. The summed E-state index contributed by atoms with van der Waals surface area (Å²) >= 11 is 0. The number of amides is 5. The summed E-state index contributed by atoms with van der Waals surface area (Å²) in [6, 6.07) is 29.2. The predicted octanol–water partition coefficient (Wildman–Crippen LogP) is 20.1. The van der Waals surface area contributed by atoms with Crippen molar-refractivity contribution in [3.05, 3.63) is 150 Å². The highest BCUT2D eigenvalue weighted by Gasteiger charge is 2.29. The van der Waals surface area contributed by atoms with Gasteiger partial charge in [-0.25, -0.2) is 0 Å². The summed E-state index contributed by atoms with van der Waals surface area (Å²) in [5.74, 6) is 1.44. The van der Waals surface area contributed by atoms with Crippen LogP contribution in [0.3, 0.4) is 0 Å². The second kappa shape index (κ2) is 56.0. The van der Waals surface area contributed by atoms with Crippen LogP contribution in [0.1, 0.15) is 323 Å². The van der Waals surface area contributed by atoms with E-state index in [1.807, 2.05) is 285 Å². The molecule has 6 heterocycles. The van der Waals surface area contributed by atoms with Gasteiger partial charge >= 0.3 is 0 Å². The molecule has 6 N–H and O–H groups in total. The van der Waals surface area contributed by atoms with Crippen LogP contribution in [0.5, 0.6) is 0 Å². The van der Waals surface area contributed by atoms with Crippen LogP contribution in [0.25, 0.3) is 0 Å². The average Bonchev–Trinajstić information content (AvgIpc) is 1.69. The predicted molar refractivity (Wildman–Crippen MR) is 510 cm³/mol. The summed E-state index contributed by atoms with van der Waals surface area (Å²) in [6.45, 7) is 68.5. The van der Waals surface area contributed by atoms with Crippen molar-refractivity contribution in [2.45, 2.75) is 321 Å². The lowest BCUT2D eigenvalue weighted by molar-refractivity contribution is -0.129. The molecule has 0 bridgehead atoms. The highest BCUT2D eigenvalue weighted by atomic mass is 16.3. The van der Waals surface area contributed by atoms with Gasteiger partial charge in [0.05, 0.1) is 29.2 Å². The van der Waals surface area contributed by atoms with Gasteiger partial charge in [0.2, 0.25) is 29.5 Å². The number of Topliss-reactive ketones (excluding diaryl/α,β-unsaturated/α-hetero) is 3. The zero-order valence-electron chi connectivity index (χ0n) is 82.3. The number of hydrogen-bond acceptors (Lipinski definition) is 14. The first-order chi connectivity index (χ1) is 57.0. The summed E-state index contributed by atoms with van der Waals surface area (Å²) in [4.78, 5) is 105. The lowest BCUT2D eigenvalue weighted by Crippen LogP contribution is -2.41. The fraction of sp³-hybridized carbons (Fsp3) is 0.667. The number of likely N-dealkylation sites (tertiary alicyclic amines) is 3. The van der Waals surface area contributed by atoms with Gasteiger partial charge < -0.3 is 51.0 Å². The van der Waals surface area contributed by atoms with Gasteiger partial charge in [-0.2, -0.15) is 5.10 Å². The van der Waals surface area contributed by atoms with E-state index in [4.69, 9.17) is 0 Å².